The van der Waals surface area contributed by atoms with Gasteiger partial charge in [-0.1, -0.05) is 58.2 Å². The highest BCUT2D eigenvalue weighted by Crippen LogP contribution is 2.26. The molecular formula is C17H11Cl3N2O3. The van der Waals surface area contributed by atoms with Crippen molar-refractivity contribution in [3.8, 4) is 11.5 Å². The lowest BCUT2D eigenvalue weighted by Crippen LogP contribution is -2.09. The fourth-order valence-corrected chi connectivity index (χ4v) is 2.85. The minimum Gasteiger partial charge on any atom is -0.457 e. The average molecular weight is 398 g/mol. The Morgan fingerprint density at radius 1 is 1.00 bits per heavy atom. The Kier molecular flexibility index (Phi) is 5.58. The molecule has 0 radical (unpaired) electrons. The van der Waals surface area contributed by atoms with Crippen LogP contribution in [0.15, 0.2) is 47.0 Å². The van der Waals surface area contributed by atoms with E-state index < -0.39 is 5.97 Å². The first-order valence-corrected chi connectivity index (χ1v) is 8.34. The van der Waals surface area contributed by atoms with Crippen LogP contribution in [0.2, 0.25) is 15.1 Å². The van der Waals surface area contributed by atoms with Crippen LogP contribution in [-0.2, 0) is 22.6 Å². The summed E-state index contributed by atoms with van der Waals surface area (Å²) in [4.78, 5) is 16.1. The third kappa shape index (κ3) is 4.31. The van der Waals surface area contributed by atoms with Crippen LogP contribution >= 0.6 is 34.8 Å². The first kappa shape index (κ1) is 17.7. The molecule has 1 aromatic heterocycles. The summed E-state index contributed by atoms with van der Waals surface area (Å²) in [5.74, 6) is -0.0154. The van der Waals surface area contributed by atoms with E-state index in [0.29, 0.717) is 26.2 Å². The Hall–Kier alpha value is -2.08. The number of nitrogens with zero attached hydrogens (tertiary/aromatic N) is 2. The normalized spacial score (nSPS) is 10.7. The van der Waals surface area contributed by atoms with Crippen LogP contribution in [0.4, 0.5) is 0 Å². The Bertz CT molecular complexity index is 891. The van der Waals surface area contributed by atoms with Crippen LogP contribution in [0.3, 0.4) is 0 Å². The van der Waals surface area contributed by atoms with E-state index in [2.05, 4.69) is 10.1 Å². The van der Waals surface area contributed by atoms with Gasteiger partial charge in [-0.15, -0.1) is 0 Å². The highest BCUT2D eigenvalue weighted by molar-refractivity contribution is 6.36. The lowest BCUT2D eigenvalue weighted by molar-refractivity contribution is -0.144. The number of hydrogen-bond donors (Lipinski definition) is 0. The summed E-state index contributed by atoms with van der Waals surface area (Å²) in [6.07, 6.45) is -0.0479. The van der Waals surface area contributed by atoms with E-state index in [0.717, 1.165) is 0 Å². The summed E-state index contributed by atoms with van der Waals surface area (Å²) in [7, 11) is 0. The number of aromatic nitrogens is 2. The standard InChI is InChI=1S/C17H11Cl3N2O3/c18-12-5-2-1-4-10(12)17-21-15(22-25-17)9-24-16(23)8-11-13(19)6-3-7-14(11)20/h1-7H,8-9H2. The number of benzene rings is 2. The SMILES string of the molecule is O=C(Cc1c(Cl)cccc1Cl)OCc1noc(-c2ccccc2Cl)n1. The maximum Gasteiger partial charge on any atom is 0.310 e. The minimum atomic E-state index is -0.501. The van der Waals surface area contributed by atoms with Crippen molar-refractivity contribution in [3.05, 3.63) is 68.9 Å². The largest absolute Gasteiger partial charge is 0.457 e. The Labute approximate surface area is 158 Å². The summed E-state index contributed by atoms with van der Waals surface area (Å²) in [6.45, 7) is -0.130. The third-order valence-electron chi connectivity index (χ3n) is 3.32. The van der Waals surface area contributed by atoms with Crippen LogP contribution < -0.4 is 0 Å². The van der Waals surface area contributed by atoms with Gasteiger partial charge in [-0.3, -0.25) is 4.79 Å². The van der Waals surface area contributed by atoms with Crippen molar-refractivity contribution in [2.45, 2.75) is 13.0 Å². The molecule has 0 atom stereocenters. The van der Waals surface area contributed by atoms with Crippen LogP contribution in [0.1, 0.15) is 11.4 Å². The lowest BCUT2D eigenvalue weighted by atomic mass is 10.1. The summed E-state index contributed by atoms with van der Waals surface area (Å²) in [5, 5.41) is 5.08. The fraction of sp³-hybridized carbons (Fsp3) is 0.118. The molecule has 0 unspecified atom stereocenters. The van der Waals surface area contributed by atoms with Gasteiger partial charge in [0.05, 0.1) is 17.0 Å². The molecule has 0 fully saturated rings. The zero-order valence-electron chi connectivity index (χ0n) is 12.7. The summed E-state index contributed by atoms with van der Waals surface area (Å²) in [6, 6.07) is 12.1. The highest BCUT2D eigenvalue weighted by atomic mass is 35.5. The van der Waals surface area contributed by atoms with E-state index in [1.54, 1.807) is 42.5 Å². The molecule has 0 bridgehead atoms. The van der Waals surface area contributed by atoms with E-state index in [9.17, 15) is 4.79 Å². The second-order valence-electron chi connectivity index (χ2n) is 5.03. The molecule has 8 heteroatoms. The van der Waals surface area contributed by atoms with Crippen molar-refractivity contribution in [2.75, 3.05) is 0 Å². The molecule has 3 rings (SSSR count). The number of halogens is 3. The molecule has 0 aliphatic carbocycles. The van der Waals surface area contributed by atoms with Crippen molar-refractivity contribution in [1.82, 2.24) is 10.1 Å². The van der Waals surface area contributed by atoms with Crippen molar-refractivity contribution in [2.24, 2.45) is 0 Å². The van der Waals surface area contributed by atoms with E-state index in [1.165, 1.54) is 0 Å². The predicted molar refractivity (Wildman–Crippen MR) is 94.7 cm³/mol. The first-order chi connectivity index (χ1) is 12.0. The molecule has 0 saturated heterocycles. The number of carbonyl (C=O) groups is 1. The number of ether oxygens (including phenoxy) is 1. The van der Waals surface area contributed by atoms with Crippen molar-refractivity contribution >= 4 is 40.8 Å². The van der Waals surface area contributed by atoms with Crippen LogP contribution in [-0.4, -0.2) is 16.1 Å². The molecule has 5 nitrogen and oxygen atoms in total. The molecule has 0 amide bonds. The van der Waals surface area contributed by atoms with Gasteiger partial charge in [0.15, 0.2) is 6.61 Å². The van der Waals surface area contributed by atoms with Gasteiger partial charge in [0, 0.05) is 15.6 Å². The molecule has 25 heavy (non-hydrogen) atoms. The van der Waals surface area contributed by atoms with Gasteiger partial charge >= 0.3 is 5.97 Å². The molecule has 3 aromatic rings. The quantitative estimate of drug-likeness (QED) is 0.568. The monoisotopic (exact) mass is 396 g/mol. The van der Waals surface area contributed by atoms with E-state index in [1.807, 2.05) is 0 Å². The lowest BCUT2D eigenvalue weighted by Gasteiger charge is -2.06. The highest BCUT2D eigenvalue weighted by Gasteiger charge is 2.15. The molecule has 2 aromatic carbocycles. The summed E-state index contributed by atoms with van der Waals surface area (Å²) < 4.78 is 10.3. The number of hydrogen-bond acceptors (Lipinski definition) is 5. The molecule has 0 saturated carbocycles. The van der Waals surface area contributed by atoms with Gasteiger partial charge in [0.25, 0.3) is 5.89 Å². The maximum absolute atomic E-state index is 12.0. The molecule has 0 aliphatic rings. The van der Waals surface area contributed by atoms with Crippen LogP contribution in [0, 0.1) is 0 Å². The van der Waals surface area contributed by atoms with Gasteiger partial charge in [-0.25, -0.2) is 0 Å². The maximum atomic E-state index is 12.0. The smallest absolute Gasteiger partial charge is 0.310 e. The third-order valence-corrected chi connectivity index (χ3v) is 4.36. The predicted octanol–water partition coefficient (Wildman–Crippen LogP) is 4.98. The van der Waals surface area contributed by atoms with Gasteiger partial charge in [0.1, 0.15) is 0 Å². The Morgan fingerprint density at radius 2 is 1.68 bits per heavy atom. The zero-order valence-corrected chi connectivity index (χ0v) is 15.0. The fourth-order valence-electron chi connectivity index (χ4n) is 2.10. The second kappa shape index (κ2) is 7.87. The number of carbonyl (C=O) groups excluding carboxylic acids is 1. The minimum absolute atomic E-state index is 0.0479. The molecule has 1 heterocycles. The van der Waals surface area contributed by atoms with E-state index in [4.69, 9.17) is 44.1 Å². The first-order valence-electron chi connectivity index (χ1n) is 7.20. The molecule has 128 valence electrons. The van der Waals surface area contributed by atoms with Crippen molar-refractivity contribution < 1.29 is 14.1 Å². The number of esters is 1. The van der Waals surface area contributed by atoms with Crippen LogP contribution in [0.5, 0.6) is 0 Å². The zero-order chi connectivity index (χ0) is 17.8. The summed E-state index contributed by atoms with van der Waals surface area (Å²) in [5.41, 5.74) is 1.12. The Balaban J connectivity index is 1.63. The van der Waals surface area contributed by atoms with Crippen molar-refractivity contribution in [1.29, 1.82) is 0 Å². The van der Waals surface area contributed by atoms with E-state index >= 15 is 0 Å². The second-order valence-corrected chi connectivity index (χ2v) is 6.25. The van der Waals surface area contributed by atoms with Gasteiger partial charge in [-0.2, -0.15) is 4.98 Å². The molecular weight excluding hydrogens is 387 g/mol. The van der Waals surface area contributed by atoms with Gasteiger partial charge in [0.2, 0.25) is 5.82 Å². The van der Waals surface area contributed by atoms with Crippen LogP contribution in [0.25, 0.3) is 11.5 Å². The van der Waals surface area contributed by atoms with Gasteiger partial charge < -0.3 is 9.26 Å². The molecule has 0 N–H and O–H groups in total. The molecule has 0 aliphatic heterocycles. The topological polar surface area (TPSA) is 65.2 Å². The van der Waals surface area contributed by atoms with E-state index in [-0.39, 0.29) is 24.7 Å². The van der Waals surface area contributed by atoms with Gasteiger partial charge in [-0.05, 0) is 24.3 Å². The number of rotatable bonds is 5. The Morgan fingerprint density at radius 3 is 2.40 bits per heavy atom. The molecule has 0 spiro atoms. The summed E-state index contributed by atoms with van der Waals surface area (Å²) >= 11 is 18.1. The average Bonchev–Trinajstić information content (AvgIpc) is 3.06. The van der Waals surface area contributed by atoms with Crippen molar-refractivity contribution in [3.63, 3.8) is 0 Å².